The van der Waals surface area contributed by atoms with Gasteiger partial charge in [0.05, 0.1) is 16.7 Å². The van der Waals surface area contributed by atoms with E-state index in [0.29, 0.717) is 5.75 Å². The van der Waals surface area contributed by atoms with Crippen LogP contribution in [0.25, 0.3) is 0 Å². The van der Waals surface area contributed by atoms with E-state index in [2.05, 4.69) is 0 Å². The number of halogens is 1. The highest BCUT2D eigenvalue weighted by molar-refractivity contribution is 6.32. The van der Waals surface area contributed by atoms with E-state index < -0.39 is 12.1 Å². The van der Waals surface area contributed by atoms with Crippen LogP contribution >= 0.6 is 11.6 Å². The van der Waals surface area contributed by atoms with E-state index in [1.54, 1.807) is 6.92 Å². The second-order valence-corrected chi connectivity index (χ2v) is 3.52. The van der Waals surface area contributed by atoms with E-state index in [4.69, 9.17) is 26.6 Å². The quantitative estimate of drug-likeness (QED) is 0.828. The number of carboxylic acid groups (broad SMARTS) is 1. The van der Waals surface area contributed by atoms with E-state index in [1.165, 1.54) is 18.2 Å². The Kier molecular flexibility index (Phi) is 3.94. The molecule has 0 aliphatic heterocycles. The zero-order valence-electron chi connectivity index (χ0n) is 8.11. The van der Waals surface area contributed by atoms with Gasteiger partial charge in [0.15, 0.2) is 0 Å². The van der Waals surface area contributed by atoms with E-state index in [0.717, 1.165) is 0 Å². The third kappa shape index (κ3) is 3.42. The van der Waals surface area contributed by atoms with Crippen molar-refractivity contribution in [3.63, 3.8) is 0 Å². The van der Waals surface area contributed by atoms with Crippen LogP contribution in [-0.2, 0) is 0 Å². The van der Waals surface area contributed by atoms with Gasteiger partial charge >= 0.3 is 5.97 Å². The standard InChI is InChI=1S/C10H11ClO4/c1-6(12)5-15-9-3-2-7(10(13)14)4-8(9)11/h2-4,6,12H,5H2,1H3,(H,13,14)/t6-/m1/s1. The third-order valence-electron chi connectivity index (χ3n) is 1.66. The van der Waals surface area contributed by atoms with E-state index in [-0.39, 0.29) is 17.2 Å². The van der Waals surface area contributed by atoms with Crippen molar-refractivity contribution in [2.24, 2.45) is 0 Å². The number of hydrogen-bond donors (Lipinski definition) is 2. The SMILES string of the molecule is C[C@@H](O)COc1ccc(C(=O)O)cc1Cl. The molecule has 2 N–H and O–H groups in total. The summed E-state index contributed by atoms with van der Waals surface area (Å²) in [4.78, 5) is 10.6. The highest BCUT2D eigenvalue weighted by Gasteiger charge is 2.08. The summed E-state index contributed by atoms with van der Waals surface area (Å²) >= 11 is 5.79. The fraction of sp³-hybridized carbons (Fsp3) is 0.300. The van der Waals surface area contributed by atoms with Crippen molar-refractivity contribution in [1.82, 2.24) is 0 Å². The number of benzene rings is 1. The lowest BCUT2D eigenvalue weighted by atomic mass is 10.2. The molecule has 1 atom stereocenters. The minimum atomic E-state index is -1.04. The number of hydrogen-bond acceptors (Lipinski definition) is 3. The van der Waals surface area contributed by atoms with E-state index >= 15 is 0 Å². The van der Waals surface area contributed by atoms with Gasteiger partial charge in [0, 0.05) is 0 Å². The van der Waals surface area contributed by atoms with Crippen molar-refractivity contribution in [2.45, 2.75) is 13.0 Å². The second-order valence-electron chi connectivity index (χ2n) is 3.11. The lowest BCUT2D eigenvalue weighted by molar-refractivity contribution is 0.0696. The van der Waals surface area contributed by atoms with Crippen LogP contribution in [0.15, 0.2) is 18.2 Å². The van der Waals surface area contributed by atoms with Crippen molar-refractivity contribution in [3.05, 3.63) is 28.8 Å². The number of carboxylic acids is 1. The lowest BCUT2D eigenvalue weighted by Crippen LogP contribution is -2.13. The first kappa shape index (κ1) is 11.8. The van der Waals surface area contributed by atoms with Crippen molar-refractivity contribution < 1.29 is 19.7 Å². The average Bonchev–Trinajstić information content (AvgIpc) is 2.15. The predicted molar refractivity (Wildman–Crippen MR) is 55.6 cm³/mol. The summed E-state index contributed by atoms with van der Waals surface area (Å²) in [5.74, 6) is -0.679. The van der Waals surface area contributed by atoms with Gasteiger partial charge in [-0.25, -0.2) is 4.79 Å². The van der Waals surface area contributed by atoms with Gasteiger partial charge in [-0.05, 0) is 25.1 Å². The number of aliphatic hydroxyl groups excluding tert-OH is 1. The smallest absolute Gasteiger partial charge is 0.335 e. The predicted octanol–water partition coefficient (Wildman–Crippen LogP) is 1.80. The molecule has 15 heavy (non-hydrogen) atoms. The van der Waals surface area contributed by atoms with Crippen LogP contribution in [0.3, 0.4) is 0 Å². The molecule has 0 bridgehead atoms. The normalized spacial score (nSPS) is 12.2. The first-order chi connectivity index (χ1) is 7.00. The third-order valence-corrected chi connectivity index (χ3v) is 1.95. The van der Waals surface area contributed by atoms with Crippen LogP contribution in [-0.4, -0.2) is 28.9 Å². The van der Waals surface area contributed by atoms with Crippen molar-refractivity contribution in [3.8, 4) is 5.75 Å². The molecular weight excluding hydrogens is 220 g/mol. The lowest BCUT2D eigenvalue weighted by Gasteiger charge is -2.09. The molecule has 82 valence electrons. The molecule has 0 unspecified atom stereocenters. The summed E-state index contributed by atoms with van der Waals surface area (Å²) in [5.41, 5.74) is 0.101. The summed E-state index contributed by atoms with van der Waals surface area (Å²) < 4.78 is 5.16. The van der Waals surface area contributed by atoms with Gasteiger partial charge in [0.25, 0.3) is 0 Å². The Morgan fingerprint density at radius 1 is 1.60 bits per heavy atom. The fourth-order valence-corrected chi connectivity index (χ4v) is 1.20. The minimum Gasteiger partial charge on any atom is -0.489 e. The molecule has 0 saturated carbocycles. The molecule has 0 fully saturated rings. The van der Waals surface area contributed by atoms with Gasteiger partial charge in [-0.15, -0.1) is 0 Å². The molecule has 0 amide bonds. The molecule has 1 aromatic rings. The van der Waals surface area contributed by atoms with Crippen molar-refractivity contribution in [2.75, 3.05) is 6.61 Å². The van der Waals surface area contributed by atoms with Gasteiger partial charge in [-0.3, -0.25) is 0 Å². The highest BCUT2D eigenvalue weighted by Crippen LogP contribution is 2.25. The Hall–Kier alpha value is -1.26. The first-order valence-corrected chi connectivity index (χ1v) is 4.72. The molecule has 0 saturated heterocycles. The second kappa shape index (κ2) is 5.00. The van der Waals surface area contributed by atoms with Crippen LogP contribution in [0.4, 0.5) is 0 Å². The maximum Gasteiger partial charge on any atom is 0.335 e. The number of rotatable bonds is 4. The highest BCUT2D eigenvalue weighted by atomic mass is 35.5. The van der Waals surface area contributed by atoms with Gasteiger partial charge in [-0.2, -0.15) is 0 Å². The maximum atomic E-state index is 10.6. The summed E-state index contributed by atoms with van der Waals surface area (Å²) in [7, 11) is 0. The topological polar surface area (TPSA) is 66.8 Å². The minimum absolute atomic E-state index is 0.101. The number of carbonyl (C=O) groups is 1. The molecule has 0 spiro atoms. The number of aliphatic hydroxyl groups is 1. The molecule has 0 aliphatic carbocycles. The fourth-order valence-electron chi connectivity index (χ4n) is 0.961. The summed E-state index contributed by atoms with van der Waals surface area (Å²) in [5, 5.41) is 17.9. The molecule has 0 aromatic heterocycles. The molecule has 5 heteroatoms. The largest absolute Gasteiger partial charge is 0.489 e. The first-order valence-electron chi connectivity index (χ1n) is 4.34. The van der Waals surface area contributed by atoms with E-state index in [1.807, 2.05) is 0 Å². The van der Waals surface area contributed by atoms with Crippen LogP contribution in [0, 0.1) is 0 Å². The zero-order chi connectivity index (χ0) is 11.4. The van der Waals surface area contributed by atoms with Crippen molar-refractivity contribution >= 4 is 17.6 Å². The molecule has 0 aliphatic rings. The molecule has 4 nitrogen and oxygen atoms in total. The zero-order valence-corrected chi connectivity index (χ0v) is 8.86. The van der Waals surface area contributed by atoms with Gasteiger partial charge in [0.2, 0.25) is 0 Å². The monoisotopic (exact) mass is 230 g/mol. The average molecular weight is 231 g/mol. The molecule has 1 aromatic carbocycles. The van der Waals surface area contributed by atoms with Crippen LogP contribution in [0.5, 0.6) is 5.75 Å². The Morgan fingerprint density at radius 3 is 2.73 bits per heavy atom. The molecule has 1 rings (SSSR count). The van der Waals surface area contributed by atoms with Crippen LogP contribution in [0.2, 0.25) is 5.02 Å². The Balaban J connectivity index is 2.79. The molecular formula is C10H11ClO4. The number of aromatic carboxylic acids is 1. The maximum absolute atomic E-state index is 10.6. The van der Waals surface area contributed by atoms with Gasteiger partial charge < -0.3 is 14.9 Å². The molecule has 0 radical (unpaired) electrons. The molecule has 0 heterocycles. The Morgan fingerprint density at radius 2 is 2.27 bits per heavy atom. The summed E-state index contributed by atoms with van der Waals surface area (Å²) in [6.07, 6.45) is -0.597. The van der Waals surface area contributed by atoms with Crippen molar-refractivity contribution in [1.29, 1.82) is 0 Å². The number of ether oxygens (including phenoxy) is 1. The van der Waals surface area contributed by atoms with Gasteiger partial charge in [-0.1, -0.05) is 11.6 Å². The summed E-state index contributed by atoms with van der Waals surface area (Å²) in [6, 6.07) is 4.17. The van der Waals surface area contributed by atoms with E-state index in [9.17, 15) is 4.79 Å². The Labute approximate surface area is 92.1 Å². The Bertz CT molecular complexity index is 362. The van der Waals surface area contributed by atoms with Crippen LogP contribution < -0.4 is 4.74 Å². The summed E-state index contributed by atoms with van der Waals surface area (Å²) in [6.45, 7) is 1.70. The van der Waals surface area contributed by atoms with Crippen LogP contribution in [0.1, 0.15) is 17.3 Å². The van der Waals surface area contributed by atoms with Gasteiger partial charge in [0.1, 0.15) is 12.4 Å².